The van der Waals surface area contributed by atoms with Crippen molar-refractivity contribution in [2.75, 3.05) is 11.9 Å². The summed E-state index contributed by atoms with van der Waals surface area (Å²) in [7, 11) is 0. The van der Waals surface area contributed by atoms with Gasteiger partial charge in [0.1, 0.15) is 12.1 Å². The summed E-state index contributed by atoms with van der Waals surface area (Å²) in [6, 6.07) is 20.5. The lowest BCUT2D eigenvalue weighted by atomic mass is 10.0. The van der Waals surface area contributed by atoms with Crippen LogP contribution in [0.25, 0.3) is 10.8 Å². The van der Waals surface area contributed by atoms with E-state index in [0.29, 0.717) is 17.8 Å². The van der Waals surface area contributed by atoms with Crippen LogP contribution in [0.4, 0.5) is 10.5 Å². The fraction of sp³-hybridized carbons (Fsp3) is 0.240. The molecule has 3 aromatic carbocycles. The van der Waals surface area contributed by atoms with Gasteiger partial charge in [0, 0.05) is 17.8 Å². The summed E-state index contributed by atoms with van der Waals surface area (Å²) in [5.74, 6) is -0.550. The molecule has 0 fully saturated rings. The van der Waals surface area contributed by atoms with E-state index in [2.05, 4.69) is 16.0 Å². The average Bonchev–Trinajstić information content (AvgIpc) is 2.75. The molecule has 32 heavy (non-hydrogen) atoms. The minimum Gasteiger partial charge on any atom is -0.444 e. The minimum atomic E-state index is -0.655. The molecule has 3 aromatic rings. The zero-order chi connectivity index (χ0) is 23.1. The number of carbonyl (C=O) groups is 3. The van der Waals surface area contributed by atoms with Crippen molar-refractivity contribution in [3.8, 4) is 0 Å². The van der Waals surface area contributed by atoms with E-state index in [9.17, 15) is 14.4 Å². The zero-order valence-corrected chi connectivity index (χ0v) is 18.4. The molecule has 3 rings (SSSR count). The number of hydrogen-bond donors (Lipinski definition) is 3. The minimum absolute atomic E-state index is 0.169. The van der Waals surface area contributed by atoms with Gasteiger partial charge in [-0.15, -0.1) is 0 Å². The molecule has 0 heterocycles. The van der Waals surface area contributed by atoms with Gasteiger partial charge in [-0.25, -0.2) is 4.79 Å². The van der Waals surface area contributed by atoms with Crippen molar-refractivity contribution < 1.29 is 19.1 Å². The molecule has 0 unspecified atom stereocenters. The van der Waals surface area contributed by atoms with E-state index >= 15 is 0 Å². The van der Waals surface area contributed by atoms with E-state index in [1.165, 1.54) is 0 Å². The van der Waals surface area contributed by atoms with Crippen LogP contribution in [-0.2, 0) is 16.1 Å². The van der Waals surface area contributed by atoms with Crippen molar-refractivity contribution in [1.82, 2.24) is 10.6 Å². The van der Waals surface area contributed by atoms with Crippen molar-refractivity contribution in [3.05, 3.63) is 77.9 Å². The molecule has 7 nitrogen and oxygen atoms in total. The van der Waals surface area contributed by atoms with Gasteiger partial charge >= 0.3 is 6.09 Å². The lowest BCUT2D eigenvalue weighted by Gasteiger charge is -2.19. The Labute approximate surface area is 187 Å². The molecule has 0 aliphatic heterocycles. The number of anilines is 1. The number of carbonyl (C=O) groups excluding carboxylic acids is 3. The number of amides is 3. The Bertz CT molecular complexity index is 1130. The highest BCUT2D eigenvalue weighted by molar-refractivity contribution is 6.07. The van der Waals surface area contributed by atoms with Gasteiger partial charge in [-0.1, -0.05) is 48.5 Å². The molecular weight excluding hydrogens is 406 g/mol. The first-order valence-corrected chi connectivity index (χ1v) is 10.3. The third-order valence-corrected chi connectivity index (χ3v) is 4.49. The quantitative estimate of drug-likeness (QED) is 0.542. The molecule has 0 spiro atoms. The monoisotopic (exact) mass is 433 g/mol. The van der Waals surface area contributed by atoms with Gasteiger partial charge in [0.25, 0.3) is 5.91 Å². The second kappa shape index (κ2) is 9.96. The molecule has 7 heteroatoms. The van der Waals surface area contributed by atoms with Crippen LogP contribution in [0.1, 0.15) is 36.7 Å². The van der Waals surface area contributed by atoms with E-state index in [-0.39, 0.29) is 18.4 Å². The Morgan fingerprint density at radius 2 is 1.59 bits per heavy atom. The molecule has 0 bridgehead atoms. The Morgan fingerprint density at radius 1 is 0.875 bits per heavy atom. The maximum atomic E-state index is 12.7. The highest BCUT2D eigenvalue weighted by Gasteiger charge is 2.16. The fourth-order valence-corrected chi connectivity index (χ4v) is 3.13. The lowest BCUT2D eigenvalue weighted by Crippen LogP contribution is -2.37. The summed E-state index contributed by atoms with van der Waals surface area (Å²) >= 11 is 0. The maximum Gasteiger partial charge on any atom is 0.408 e. The Balaban J connectivity index is 1.55. The number of alkyl carbamates (subject to hydrolysis) is 1. The van der Waals surface area contributed by atoms with Crippen LogP contribution < -0.4 is 16.0 Å². The topological polar surface area (TPSA) is 96.5 Å². The number of nitrogens with one attached hydrogen (secondary N) is 3. The van der Waals surface area contributed by atoms with Crippen molar-refractivity contribution in [3.63, 3.8) is 0 Å². The van der Waals surface area contributed by atoms with Crippen LogP contribution in [0, 0.1) is 0 Å². The Hall–Kier alpha value is -3.87. The van der Waals surface area contributed by atoms with Gasteiger partial charge in [0.2, 0.25) is 5.91 Å². The first-order chi connectivity index (χ1) is 15.2. The van der Waals surface area contributed by atoms with Crippen LogP contribution in [0.3, 0.4) is 0 Å². The zero-order valence-electron chi connectivity index (χ0n) is 18.4. The van der Waals surface area contributed by atoms with E-state index in [1.54, 1.807) is 45.0 Å². The molecule has 3 N–H and O–H groups in total. The molecule has 166 valence electrons. The van der Waals surface area contributed by atoms with Crippen LogP contribution in [0.15, 0.2) is 66.7 Å². The highest BCUT2D eigenvalue weighted by atomic mass is 16.6. The molecule has 0 aromatic heterocycles. The van der Waals surface area contributed by atoms with E-state index in [1.807, 2.05) is 42.5 Å². The van der Waals surface area contributed by atoms with Gasteiger partial charge < -0.3 is 20.7 Å². The molecule has 0 aliphatic rings. The van der Waals surface area contributed by atoms with Gasteiger partial charge in [-0.2, -0.15) is 0 Å². The maximum absolute atomic E-state index is 12.7. The molecule has 0 atom stereocenters. The van der Waals surface area contributed by atoms with Crippen LogP contribution in [0.5, 0.6) is 0 Å². The molecular formula is C25H27N3O4. The Kier molecular flexibility index (Phi) is 7.10. The van der Waals surface area contributed by atoms with Gasteiger partial charge in [0.15, 0.2) is 0 Å². The van der Waals surface area contributed by atoms with Crippen molar-refractivity contribution in [1.29, 1.82) is 0 Å². The lowest BCUT2D eigenvalue weighted by molar-refractivity contribution is -0.115. The first kappa shape index (κ1) is 22.8. The van der Waals surface area contributed by atoms with Crippen molar-refractivity contribution >= 4 is 34.4 Å². The number of fused-ring (bicyclic) bond motifs is 1. The van der Waals surface area contributed by atoms with Gasteiger partial charge in [-0.05, 0) is 55.3 Å². The molecule has 3 amide bonds. The van der Waals surface area contributed by atoms with E-state index < -0.39 is 11.7 Å². The smallest absolute Gasteiger partial charge is 0.408 e. The van der Waals surface area contributed by atoms with Crippen molar-refractivity contribution in [2.24, 2.45) is 0 Å². The third kappa shape index (κ3) is 6.57. The van der Waals surface area contributed by atoms with Crippen molar-refractivity contribution in [2.45, 2.75) is 32.9 Å². The summed E-state index contributed by atoms with van der Waals surface area (Å²) in [6.07, 6.45) is -0.655. The standard InChI is InChI=1S/C25H27N3O4/c1-25(2,3)32-24(31)27-16-22(29)28-19-11-6-8-17(14-19)15-26-23(30)21-13-7-10-18-9-4-5-12-20(18)21/h4-14H,15-16H2,1-3H3,(H,26,30)(H,27,31)(H,28,29). The molecule has 0 saturated carbocycles. The number of ether oxygens (including phenoxy) is 1. The summed E-state index contributed by atoms with van der Waals surface area (Å²) < 4.78 is 5.10. The third-order valence-electron chi connectivity index (χ3n) is 4.49. The SMILES string of the molecule is CC(C)(C)OC(=O)NCC(=O)Nc1cccc(CNC(=O)c2cccc3ccccc23)c1. The summed E-state index contributed by atoms with van der Waals surface area (Å²) in [5, 5.41) is 9.96. The van der Waals surface area contributed by atoms with E-state index in [4.69, 9.17) is 4.74 Å². The number of benzene rings is 3. The summed E-state index contributed by atoms with van der Waals surface area (Å²) in [5.41, 5.74) is 1.38. The normalized spacial score (nSPS) is 11.0. The van der Waals surface area contributed by atoms with Crippen LogP contribution in [0.2, 0.25) is 0 Å². The van der Waals surface area contributed by atoms with Crippen LogP contribution in [-0.4, -0.2) is 30.1 Å². The second-order valence-electron chi connectivity index (χ2n) is 8.31. The molecule has 0 radical (unpaired) electrons. The largest absolute Gasteiger partial charge is 0.444 e. The summed E-state index contributed by atoms with van der Waals surface area (Å²) in [4.78, 5) is 36.5. The molecule has 0 aliphatic carbocycles. The second-order valence-corrected chi connectivity index (χ2v) is 8.31. The Morgan fingerprint density at radius 3 is 2.38 bits per heavy atom. The first-order valence-electron chi connectivity index (χ1n) is 10.3. The average molecular weight is 434 g/mol. The number of hydrogen-bond acceptors (Lipinski definition) is 4. The molecule has 0 saturated heterocycles. The van der Waals surface area contributed by atoms with Gasteiger partial charge in [0.05, 0.1) is 0 Å². The van der Waals surface area contributed by atoms with E-state index in [0.717, 1.165) is 16.3 Å². The number of rotatable bonds is 6. The van der Waals surface area contributed by atoms with Crippen LogP contribution >= 0.6 is 0 Å². The predicted molar refractivity (Wildman–Crippen MR) is 124 cm³/mol. The highest BCUT2D eigenvalue weighted by Crippen LogP contribution is 2.18. The van der Waals surface area contributed by atoms with Gasteiger partial charge in [-0.3, -0.25) is 9.59 Å². The summed E-state index contributed by atoms with van der Waals surface area (Å²) in [6.45, 7) is 5.34. The fourth-order valence-electron chi connectivity index (χ4n) is 3.13. The predicted octanol–water partition coefficient (Wildman–Crippen LogP) is 4.23.